The van der Waals surface area contributed by atoms with Crippen LogP contribution in [0.1, 0.15) is 13.3 Å². The van der Waals surface area contributed by atoms with Crippen LogP contribution in [0.4, 0.5) is 5.95 Å². The number of aromatic nitrogens is 6. The average Bonchev–Trinajstić information content (AvgIpc) is 2.88. The van der Waals surface area contributed by atoms with Crippen molar-refractivity contribution in [2.24, 2.45) is 0 Å². The monoisotopic (exact) mass is 263 g/mol. The van der Waals surface area contributed by atoms with Gasteiger partial charge in [0.1, 0.15) is 12.7 Å². The third-order valence-electron chi connectivity index (χ3n) is 1.93. The molecule has 0 unspecified atom stereocenters. The van der Waals surface area contributed by atoms with Crippen molar-refractivity contribution >= 4 is 17.5 Å². The minimum absolute atomic E-state index is 0.0968. The second-order valence-corrected chi connectivity index (χ2v) is 3.51. The third-order valence-corrected chi connectivity index (χ3v) is 2.10. The highest BCUT2D eigenvalue weighted by Gasteiger charge is 2.06. The van der Waals surface area contributed by atoms with Crippen molar-refractivity contribution < 1.29 is 0 Å². The van der Waals surface area contributed by atoms with Gasteiger partial charge >= 0.3 is 0 Å². The second-order valence-electron chi connectivity index (χ2n) is 3.17. The van der Waals surface area contributed by atoms with Gasteiger partial charge in [-0.15, -0.1) is 11.8 Å². The molecule has 0 aromatic carbocycles. The molecule has 0 aliphatic carbocycles. The van der Waals surface area contributed by atoms with Gasteiger partial charge in [0.2, 0.25) is 11.2 Å². The van der Waals surface area contributed by atoms with Gasteiger partial charge < -0.3 is 5.32 Å². The average molecular weight is 264 g/mol. The summed E-state index contributed by atoms with van der Waals surface area (Å²) in [6.45, 7) is 2.43. The standard InChI is InChI=1S/C10H10ClN7/c1-2-3-4-5-13-9-15-8(11)16-10(17-9)18-7-12-6-14-18/h6-7H,4-5H2,1H3,(H,13,15,16,17). The van der Waals surface area contributed by atoms with Gasteiger partial charge in [-0.05, 0) is 18.5 Å². The molecular formula is C10H10ClN7. The molecular weight excluding hydrogens is 254 g/mol. The van der Waals surface area contributed by atoms with Gasteiger partial charge in [0.15, 0.2) is 0 Å². The van der Waals surface area contributed by atoms with E-state index >= 15 is 0 Å². The van der Waals surface area contributed by atoms with Crippen LogP contribution in [0, 0.1) is 11.8 Å². The summed E-state index contributed by atoms with van der Waals surface area (Å²) in [5.74, 6) is 6.44. The molecule has 0 aliphatic rings. The van der Waals surface area contributed by atoms with Crippen molar-refractivity contribution in [1.82, 2.24) is 29.7 Å². The molecule has 92 valence electrons. The number of hydrogen-bond donors (Lipinski definition) is 1. The molecule has 0 saturated carbocycles. The number of anilines is 1. The van der Waals surface area contributed by atoms with Gasteiger partial charge in [0.25, 0.3) is 5.95 Å². The highest BCUT2D eigenvalue weighted by molar-refractivity contribution is 6.28. The van der Waals surface area contributed by atoms with Crippen LogP contribution in [-0.2, 0) is 0 Å². The third kappa shape index (κ3) is 3.15. The minimum Gasteiger partial charge on any atom is -0.353 e. The maximum absolute atomic E-state index is 5.82. The first-order chi connectivity index (χ1) is 8.79. The summed E-state index contributed by atoms with van der Waals surface area (Å²) >= 11 is 5.82. The highest BCUT2D eigenvalue weighted by atomic mass is 35.5. The van der Waals surface area contributed by atoms with Crippen LogP contribution >= 0.6 is 11.6 Å². The smallest absolute Gasteiger partial charge is 0.258 e. The van der Waals surface area contributed by atoms with E-state index < -0.39 is 0 Å². The van der Waals surface area contributed by atoms with Gasteiger partial charge in [-0.3, -0.25) is 0 Å². The molecule has 0 amide bonds. The molecule has 2 heterocycles. The molecule has 0 spiro atoms. The summed E-state index contributed by atoms with van der Waals surface area (Å²) in [5.41, 5.74) is 0. The van der Waals surface area contributed by atoms with Crippen molar-refractivity contribution in [3.05, 3.63) is 17.9 Å². The Morgan fingerprint density at radius 3 is 3.00 bits per heavy atom. The molecule has 1 N–H and O–H groups in total. The fraction of sp³-hybridized carbons (Fsp3) is 0.300. The topological polar surface area (TPSA) is 81.4 Å². The van der Waals surface area contributed by atoms with E-state index in [1.54, 1.807) is 6.92 Å². The van der Waals surface area contributed by atoms with Crippen molar-refractivity contribution in [2.45, 2.75) is 13.3 Å². The first-order valence-corrected chi connectivity index (χ1v) is 5.57. The molecule has 2 aromatic heterocycles. The molecule has 18 heavy (non-hydrogen) atoms. The summed E-state index contributed by atoms with van der Waals surface area (Å²) in [6.07, 6.45) is 3.58. The zero-order valence-corrected chi connectivity index (χ0v) is 10.4. The highest BCUT2D eigenvalue weighted by Crippen LogP contribution is 2.08. The lowest BCUT2D eigenvalue weighted by molar-refractivity contribution is 0.793. The van der Waals surface area contributed by atoms with Crippen molar-refractivity contribution in [3.63, 3.8) is 0 Å². The molecule has 2 rings (SSSR count). The minimum atomic E-state index is 0.0968. The lowest BCUT2D eigenvalue weighted by atomic mass is 10.4. The van der Waals surface area contributed by atoms with E-state index in [1.807, 2.05) is 0 Å². The maximum Gasteiger partial charge on any atom is 0.258 e. The Kier molecular flexibility index (Phi) is 4.04. The Hall–Kier alpha value is -2.20. The molecule has 0 atom stereocenters. The van der Waals surface area contributed by atoms with Gasteiger partial charge in [-0.2, -0.15) is 24.7 Å². The van der Waals surface area contributed by atoms with E-state index in [0.717, 1.165) is 0 Å². The van der Waals surface area contributed by atoms with Crippen molar-refractivity contribution in [2.75, 3.05) is 11.9 Å². The molecule has 2 aromatic rings. The molecule has 7 nitrogen and oxygen atoms in total. The molecule has 0 aliphatic heterocycles. The van der Waals surface area contributed by atoms with Crippen LogP contribution < -0.4 is 5.32 Å². The van der Waals surface area contributed by atoms with E-state index in [-0.39, 0.29) is 5.28 Å². The summed E-state index contributed by atoms with van der Waals surface area (Å²) in [4.78, 5) is 15.9. The normalized spacial score (nSPS) is 9.67. The van der Waals surface area contributed by atoms with Gasteiger partial charge in [-0.1, -0.05) is 0 Å². The Morgan fingerprint density at radius 1 is 1.39 bits per heavy atom. The number of rotatable bonds is 4. The summed E-state index contributed by atoms with van der Waals surface area (Å²) in [6, 6.07) is 0. The van der Waals surface area contributed by atoms with Crippen molar-refractivity contribution in [1.29, 1.82) is 0 Å². The van der Waals surface area contributed by atoms with Gasteiger partial charge in [0, 0.05) is 13.0 Å². The van der Waals surface area contributed by atoms with Gasteiger partial charge in [-0.25, -0.2) is 4.98 Å². The largest absolute Gasteiger partial charge is 0.353 e. The molecule has 0 saturated heterocycles. The molecule has 0 radical (unpaired) electrons. The van der Waals surface area contributed by atoms with Crippen LogP contribution in [0.3, 0.4) is 0 Å². The van der Waals surface area contributed by atoms with E-state index in [9.17, 15) is 0 Å². The quantitative estimate of drug-likeness (QED) is 0.653. The molecule has 8 heteroatoms. The predicted molar refractivity (Wildman–Crippen MR) is 66.3 cm³/mol. The fourth-order valence-electron chi connectivity index (χ4n) is 1.19. The van der Waals surface area contributed by atoms with Crippen LogP contribution in [0.5, 0.6) is 0 Å². The van der Waals surface area contributed by atoms with E-state index in [2.05, 4.69) is 42.2 Å². The first kappa shape index (κ1) is 12.3. The predicted octanol–water partition coefficient (Wildman–Crippen LogP) is 0.931. The number of nitrogens with zero attached hydrogens (tertiary/aromatic N) is 6. The molecule has 0 bridgehead atoms. The lowest BCUT2D eigenvalue weighted by Gasteiger charge is -2.04. The Morgan fingerprint density at radius 2 is 2.28 bits per heavy atom. The number of halogens is 1. The van der Waals surface area contributed by atoms with Crippen LogP contribution in [-0.4, -0.2) is 36.3 Å². The SMILES string of the molecule is CC#CCCNc1nc(Cl)nc(-n2cncn2)n1. The zero-order valence-electron chi connectivity index (χ0n) is 9.63. The maximum atomic E-state index is 5.82. The van der Waals surface area contributed by atoms with E-state index in [0.29, 0.717) is 24.9 Å². The summed E-state index contributed by atoms with van der Waals surface area (Å²) in [7, 11) is 0. The second kappa shape index (κ2) is 5.93. The van der Waals surface area contributed by atoms with Gasteiger partial charge in [0.05, 0.1) is 0 Å². The van der Waals surface area contributed by atoms with Crippen molar-refractivity contribution in [3.8, 4) is 17.8 Å². The number of hydrogen-bond acceptors (Lipinski definition) is 6. The fourth-order valence-corrected chi connectivity index (χ4v) is 1.35. The summed E-state index contributed by atoms with van der Waals surface area (Å²) in [5, 5.41) is 7.03. The Labute approximate surface area is 109 Å². The first-order valence-electron chi connectivity index (χ1n) is 5.19. The summed E-state index contributed by atoms with van der Waals surface area (Å²) < 4.78 is 1.41. The van der Waals surface area contributed by atoms with Crippen LogP contribution in [0.25, 0.3) is 5.95 Å². The van der Waals surface area contributed by atoms with E-state index in [4.69, 9.17) is 11.6 Å². The lowest BCUT2D eigenvalue weighted by Crippen LogP contribution is -2.10. The van der Waals surface area contributed by atoms with E-state index in [1.165, 1.54) is 17.3 Å². The Bertz CT molecular complexity index is 570. The van der Waals surface area contributed by atoms with Crippen LogP contribution in [0.15, 0.2) is 12.7 Å². The zero-order chi connectivity index (χ0) is 12.8. The Balaban J connectivity index is 2.13. The van der Waals surface area contributed by atoms with Crippen LogP contribution in [0.2, 0.25) is 5.28 Å². The molecule has 0 fully saturated rings. The number of nitrogens with one attached hydrogen (secondary N) is 1.